The predicted molar refractivity (Wildman–Crippen MR) is 142 cm³/mol. The highest BCUT2D eigenvalue weighted by molar-refractivity contribution is 5.93. The van der Waals surface area contributed by atoms with Gasteiger partial charge in [-0.05, 0) is 31.8 Å². The van der Waals surface area contributed by atoms with E-state index in [4.69, 9.17) is 14.6 Å². The van der Waals surface area contributed by atoms with Crippen LogP contribution in [0.25, 0.3) is 0 Å². The zero-order valence-corrected chi connectivity index (χ0v) is 22.6. The van der Waals surface area contributed by atoms with Crippen LogP contribution in [0, 0.1) is 0 Å². The maximum atomic E-state index is 11.1. The molecule has 0 radical (unpaired) electrons. The average molecular weight is 511 g/mol. The summed E-state index contributed by atoms with van der Waals surface area (Å²) in [6.45, 7) is 19.7. The first-order valence-electron chi connectivity index (χ1n) is 12.5. The second kappa shape index (κ2) is 28.1. The van der Waals surface area contributed by atoms with Crippen molar-refractivity contribution in [1.82, 2.24) is 0 Å². The zero-order chi connectivity index (χ0) is 28.2. The Morgan fingerprint density at radius 3 is 1.67 bits per heavy atom. The monoisotopic (exact) mass is 510 g/mol. The maximum Gasteiger partial charge on any atom is 0.337 e. The lowest BCUT2D eigenvalue weighted by Gasteiger charge is -2.04. The van der Waals surface area contributed by atoms with Crippen LogP contribution < -0.4 is 0 Å². The van der Waals surface area contributed by atoms with Crippen molar-refractivity contribution < 1.29 is 38.5 Å². The van der Waals surface area contributed by atoms with Crippen molar-refractivity contribution in [2.75, 3.05) is 19.8 Å². The smallest absolute Gasteiger partial charge is 0.337 e. The molecule has 0 spiro atoms. The minimum absolute atomic E-state index is 0.0449. The summed E-state index contributed by atoms with van der Waals surface area (Å²) in [6, 6.07) is 0. The van der Waals surface area contributed by atoms with Crippen LogP contribution in [0.1, 0.15) is 85.5 Å². The number of unbranched alkanes of at least 4 members (excludes halogenated alkanes) is 5. The molecule has 0 fully saturated rings. The molecule has 206 valence electrons. The summed E-state index contributed by atoms with van der Waals surface area (Å²) >= 11 is 0. The lowest BCUT2D eigenvalue weighted by atomic mass is 10.2. The summed E-state index contributed by atoms with van der Waals surface area (Å²) in [5, 5.41) is 8.28. The zero-order valence-electron chi connectivity index (χ0n) is 22.6. The summed E-state index contributed by atoms with van der Waals surface area (Å²) in [4.78, 5) is 42.6. The molecule has 0 rings (SSSR count). The standard InChI is InChI=1S/C11H20O2.C10H14O4.C7H12O2/c1-4-6-7-8-9-13-11(12)10(3)5-2;1-3-4-7-14-10(13)8(2)5-6-9(11)12;1-3-5-6-9-7(8)4-2/h3-9H2,1-2H3;5-6H,2-4,7H2,1H3,(H,11,12);4H,2-3,5-6H2,1H3. The topological polar surface area (TPSA) is 116 Å². The molecule has 0 saturated heterocycles. The predicted octanol–water partition coefficient (Wildman–Crippen LogP) is 6.12. The van der Waals surface area contributed by atoms with Crippen LogP contribution in [-0.2, 0) is 33.4 Å². The molecule has 0 aliphatic carbocycles. The molecule has 0 unspecified atom stereocenters. The van der Waals surface area contributed by atoms with Crippen LogP contribution in [0.15, 0.2) is 49.1 Å². The van der Waals surface area contributed by atoms with E-state index in [1.165, 1.54) is 18.9 Å². The van der Waals surface area contributed by atoms with Crippen LogP contribution >= 0.6 is 0 Å². The number of esters is 3. The molecule has 0 heterocycles. The van der Waals surface area contributed by atoms with Crippen LogP contribution in [0.2, 0.25) is 0 Å². The number of carboxylic acids is 1. The second-order valence-electron chi connectivity index (χ2n) is 7.57. The van der Waals surface area contributed by atoms with Gasteiger partial charge in [0.1, 0.15) is 0 Å². The van der Waals surface area contributed by atoms with Gasteiger partial charge in [0.15, 0.2) is 0 Å². The van der Waals surface area contributed by atoms with E-state index >= 15 is 0 Å². The van der Waals surface area contributed by atoms with Crippen molar-refractivity contribution >= 4 is 23.9 Å². The first-order chi connectivity index (χ1) is 17.1. The fourth-order valence-electron chi connectivity index (χ4n) is 1.96. The molecule has 0 aromatic heterocycles. The number of hydrogen-bond acceptors (Lipinski definition) is 7. The Balaban J connectivity index is -0.000000465. The van der Waals surface area contributed by atoms with Gasteiger partial charge < -0.3 is 19.3 Å². The number of ether oxygens (including phenoxy) is 3. The lowest BCUT2D eigenvalue weighted by Crippen LogP contribution is -2.07. The van der Waals surface area contributed by atoms with Crippen molar-refractivity contribution in [3.63, 3.8) is 0 Å². The summed E-state index contributed by atoms with van der Waals surface area (Å²) in [5.74, 6) is -2.26. The molecule has 8 heteroatoms. The van der Waals surface area contributed by atoms with Crippen LogP contribution in [0.4, 0.5) is 0 Å². The van der Waals surface area contributed by atoms with E-state index in [-0.39, 0.29) is 17.5 Å². The highest BCUT2D eigenvalue weighted by atomic mass is 16.5. The summed E-state index contributed by atoms with van der Waals surface area (Å²) in [6.07, 6.45) is 12.1. The largest absolute Gasteiger partial charge is 0.478 e. The van der Waals surface area contributed by atoms with E-state index in [0.717, 1.165) is 50.7 Å². The third-order valence-corrected chi connectivity index (χ3v) is 4.28. The molecule has 36 heavy (non-hydrogen) atoms. The molecule has 0 aliphatic heterocycles. The van der Waals surface area contributed by atoms with Crippen LogP contribution in [0.3, 0.4) is 0 Å². The van der Waals surface area contributed by atoms with Gasteiger partial charge in [-0.2, -0.15) is 0 Å². The molecular weight excluding hydrogens is 464 g/mol. The third-order valence-electron chi connectivity index (χ3n) is 4.28. The highest BCUT2D eigenvalue weighted by Crippen LogP contribution is 2.03. The number of aliphatic carboxylic acids is 1. The van der Waals surface area contributed by atoms with E-state index in [9.17, 15) is 19.2 Å². The second-order valence-corrected chi connectivity index (χ2v) is 7.57. The van der Waals surface area contributed by atoms with Crippen molar-refractivity contribution in [2.45, 2.75) is 85.5 Å². The van der Waals surface area contributed by atoms with Crippen LogP contribution in [-0.4, -0.2) is 48.8 Å². The van der Waals surface area contributed by atoms with Gasteiger partial charge in [-0.1, -0.05) is 79.5 Å². The fraction of sp³-hybridized carbons (Fsp3) is 0.571. The quantitative estimate of drug-likeness (QED) is 0.0818. The summed E-state index contributed by atoms with van der Waals surface area (Å²) in [5.41, 5.74) is 0.610. The van der Waals surface area contributed by atoms with E-state index in [1.807, 2.05) is 20.8 Å². The molecule has 0 saturated carbocycles. The molecular formula is C28H46O8. The van der Waals surface area contributed by atoms with E-state index in [2.05, 4.69) is 31.4 Å². The Morgan fingerprint density at radius 1 is 0.694 bits per heavy atom. The van der Waals surface area contributed by atoms with E-state index in [1.54, 1.807) is 0 Å². The van der Waals surface area contributed by atoms with Crippen LogP contribution in [0.5, 0.6) is 0 Å². The number of hydrogen-bond donors (Lipinski definition) is 1. The molecule has 8 nitrogen and oxygen atoms in total. The summed E-state index contributed by atoms with van der Waals surface area (Å²) in [7, 11) is 0. The molecule has 1 N–H and O–H groups in total. The van der Waals surface area contributed by atoms with E-state index in [0.29, 0.717) is 31.8 Å². The van der Waals surface area contributed by atoms with Gasteiger partial charge in [0.25, 0.3) is 0 Å². The SMILES string of the molecule is C=C(C=CC(=O)O)C(=O)OCCCC.C=C(CC)C(=O)OCCCCCC.C=CC(=O)OCCCC. The van der Waals surface area contributed by atoms with Gasteiger partial charge in [0, 0.05) is 17.7 Å². The van der Waals surface area contributed by atoms with Crippen molar-refractivity contribution in [2.24, 2.45) is 0 Å². The molecule has 0 atom stereocenters. The van der Waals surface area contributed by atoms with Crippen molar-refractivity contribution in [1.29, 1.82) is 0 Å². The Labute approximate surface area is 217 Å². The number of carbonyl (C=O) groups excluding carboxylic acids is 3. The molecule has 0 amide bonds. The van der Waals surface area contributed by atoms with Gasteiger partial charge in [0.2, 0.25) is 0 Å². The molecule has 0 aromatic rings. The minimum atomic E-state index is -1.12. The molecule has 0 bridgehead atoms. The highest BCUT2D eigenvalue weighted by Gasteiger charge is 2.05. The van der Waals surface area contributed by atoms with Gasteiger partial charge in [0.05, 0.1) is 25.4 Å². The third kappa shape index (κ3) is 28.9. The maximum absolute atomic E-state index is 11.1. The van der Waals surface area contributed by atoms with Crippen molar-refractivity contribution in [3.8, 4) is 0 Å². The van der Waals surface area contributed by atoms with Gasteiger partial charge in [-0.25, -0.2) is 19.2 Å². The number of carbonyl (C=O) groups is 4. The van der Waals surface area contributed by atoms with E-state index < -0.39 is 11.9 Å². The number of carboxylic acid groups (broad SMARTS) is 1. The molecule has 0 aromatic carbocycles. The number of rotatable bonds is 17. The Kier molecular flexibility index (Phi) is 29.2. The molecule has 0 aliphatic rings. The summed E-state index contributed by atoms with van der Waals surface area (Å²) < 4.78 is 14.5. The first-order valence-corrected chi connectivity index (χ1v) is 12.5. The van der Waals surface area contributed by atoms with Gasteiger partial charge in [-0.15, -0.1) is 0 Å². The minimum Gasteiger partial charge on any atom is -0.478 e. The van der Waals surface area contributed by atoms with Gasteiger partial charge >= 0.3 is 23.9 Å². The Bertz CT molecular complexity index is 692. The van der Waals surface area contributed by atoms with Gasteiger partial charge in [-0.3, -0.25) is 0 Å². The fourth-order valence-corrected chi connectivity index (χ4v) is 1.96. The Hall–Kier alpha value is -3.16. The average Bonchev–Trinajstić information content (AvgIpc) is 2.87. The lowest BCUT2D eigenvalue weighted by molar-refractivity contribution is -0.140. The normalized spacial score (nSPS) is 9.56. The first kappa shape index (κ1) is 37.4. The van der Waals surface area contributed by atoms with Crippen molar-refractivity contribution in [3.05, 3.63) is 49.1 Å². The Morgan fingerprint density at radius 2 is 1.19 bits per heavy atom.